The summed E-state index contributed by atoms with van der Waals surface area (Å²) >= 11 is 0. The van der Waals surface area contributed by atoms with Gasteiger partial charge in [0.2, 0.25) is 0 Å². The van der Waals surface area contributed by atoms with Crippen molar-refractivity contribution >= 4 is 0 Å². The monoisotopic (exact) mass is 263 g/mol. The highest BCUT2D eigenvalue weighted by atomic mass is 19.4. The molecule has 0 saturated heterocycles. The molecule has 102 valence electrons. The molecule has 0 aliphatic carbocycles. The van der Waals surface area contributed by atoms with Crippen LogP contribution in [-0.2, 0) is 11.3 Å². The minimum atomic E-state index is -4.17. The summed E-state index contributed by atoms with van der Waals surface area (Å²) in [7, 11) is 1.57. The van der Waals surface area contributed by atoms with Gasteiger partial charge in [0.15, 0.2) is 0 Å². The number of nitrogens with one attached hydrogen (secondary N) is 1. The average molecular weight is 263 g/mol. The van der Waals surface area contributed by atoms with Crippen LogP contribution in [0.3, 0.4) is 0 Å². The second kappa shape index (κ2) is 7.23. The van der Waals surface area contributed by atoms with Gasteiger partial charge in [-0.2, -0.15) is 13.2 Å². The molecule has 0 amide bonds. The summed E-state index contributed by atoms with van der Waals surface area (Å²) in [5, 5.41) is 2.26. The van der Waals surface area contributed by atoms with Crippen molar-refractivity contribution in [3.05, 3.63) is 29.8 Å². The topological polar surface area (TPSA) is 30.5 Å². The van der Waals surface area contributed by atoms with E-state index in [4.69, 9.17) is 9.47 Å². The van der Waals surface area contributed by atoms with Crippen molar-refractivity contribution in [1.29, 1.82) is 0 Å². The van der Waals surface area contributed by atoms with E-state index in [1.165, 1.54) is 0 Å². The van der Waals surface area contributed by atoms with E-state index in [1.54, 1.807) is 7.11 Å². The smallest absolute Gasteiger partial charge is 0.401 e. The minimum Gasteiger partial charge on any atom is -0.497 e. The molecule has 0 aliphatic heterocycles. The maximum absolute atomic E-state index is 11.8. The predicted octanol–water partition coefficient (Wildman–Crippen LogP) is 2.36. The van der Waals surface area contributed by atoms with E-state index in [-0.39, 0.29) is 13.2 Å². The summed E-state index contributed by atoms with van der Waals surface area (Å²) in [6.07, 6.45) is -4.17. The molecule has 18 heavy (non-hydrogen) atoms. The Morgan fingerprint density at radius 2 is 2.06 bits per heavy atom. The lowest BCUT2D eigenvalue weighted by atomic mass is 10.2. The average Bonchev–Trinajstić information content (AvgIpc) is 2.32. The Morgan fingerprint density at radius 3 is 2.72 bits per heavy atom. The Kier molecular flexibility index (Phi) is 5.94. The molecule has 0 fully saturated rings. The molecular formula is C12H16F3NO2. The Bertz CT molecular complexity index is 355. The third-order valence-electron chi connectivity index (χ3n) is 2.15. The third kappa shape index (κ3) is 6.46. The molecule has 0 atom stereocenters. The molecule has 0 saturated carbocycles. The Balaban J connectivity index is 2.14. The first-order valence-corrected chi connectivity index (χ1v) is 5.49. The molecule has 6 heteroatoms. The fraction of sp³-hybridized carbons (Fsp3) is 0.500. The second-order valence-corrected chi connectivity index (χ2v) is 3.70. The molecule has 1 N–H and O–H groups in total. The lowest BCUT2D eigenvalue weighted by Crippen LogP contribution is -2.31. The maximum Gasteiger partial charge on any atom is 0.401 e. The van der Waals surface area contributed by atoms with Crippen LogP contribution in [0.4, 0.5) is 13.2 Å². The first-order chi connectivity index (χ1) is 8.51. The van der Waals surface area contributed by atoms with Crippen LogP contribution >= 0.6 is 0 Å². The molecule has 0 unspecified atom stereocenters. The predicted molar refractivity (Wildman–Crippen MR) is 61.6 cm³/mol. The zero-order chi connectivity index (χ0) is 13.4. The first kappa shape index (κ1) is 14.8. The molecule has 0 bridgehead atoms. The summed E-state index contributed by atoms with van der Waals surface area (Å²) in [4.78, 5) is 0. The summed E-state index contributed by atoms with van der Waals surface area (Å²) in [5.74, 6) is 0.728. The van der Waals surface area contributed by atoms with Gasteiger partial charge in [0, 0.05) is 6.54 Å². The number of halogens is 3. The zero-order valence-electron chi connectivity index (χ0n) is 10.1. The molecule has 1 rings (SSSR count). The van der Waals surface area contributed by atoms with Crippen molar-refractivity contribution in [1.82, 2.24) is 5.32 Å². The van der Waals surface area contributed by atoms with Crippen molar-refractivity contribution in [3.8, 4) is 5.75 Å². The number of ether oxygens (including phenoxy) is 2. The van der Waals surface area contributed by atoms with Crippen molar-refractivity contribution in [2.24, 2.45) is 0 Å². The van der Waals surface area contributed by atoms with E-state index in [2.05, 4.69) is 5.32 Å². The van der Waals surface area contributed by atoms with Gasteiger partial charge in [0.05, 0.1) is 26.9 Å². The Hall–Kier alpha value is -1.27. The summed E-state index contributed by atoms with van der Waals surface area (Å²) in [6, 6.07) is 7.34. The molecular weight excluding hydrogens is 247 g/mol. The lowest BCUT2D eigenvalue weighted by Gasteiger charge is -2.09. The van der Waals surface area contributed by atoms with E-state index in [1.807, 2.05) is 24.3 Å². The van der Waals surface area contributed by atoms with Gasteiger partial charge in [-0.15, -0.1) is 0 Å². The maximum atomic E-state index is 11.8. The molecule has 0 radical (unpaired) electrons. The fourth-order valence-electron chi connectivity index (χ4n) is 1.33. The highest BCUT2D eigenvalue weighted by Crippen LogP contribution is 2.13. The largest absolute Gasteiger partial charge is 0.497 e. The quantitative estimate of drug-likeness (QED) is 0.766. The van der Waals surface area contributed by atoms with Crippen molar-refractivity contribution in [2.75, 3.05) is 26.8 Å². The van der Waals surface area contributed by atoms with Crippen molar-refractivity contribution < 1.29 is 22.6 Å². The lowest BCUT2D eigenvalue weighted by molar-refractivity contribution is -0.125. The number of alkyl halides is 3. The van der Waals surface area contributed by atoms with Crippen LogP contribution in [0.1, 0.15) is 5.56 Å². The summed E-state index contributed by atoms with van der Waals surface area (Å²) in [5.41, 5.74) is 0.921. The molecule has 1 aromatic carbocycles. The van der Waals surface area contributed by atoms with E-state index in [0.717, 1.165) is 11.3 Å². The van der Waals surface area contributed by atoms with Crippen molar-refractivity contribution in [3.63, 3.8) is 0 Å². The first-order valence-electron chi connectivity index (χ1n) is 5.49. The van der Waals surface area contributed by atoms with Crippen molar-refractivity contribution in [2.45, 2.75) is 12.8 Å². The molecule has 0 spiro atoms. The summed E-state index contributed by atoms with van der Waals surface area (Å²) in [6.45, 7) is -0.239. The molecule has 3 nitrogen and oxygen atoms in total. The standard InChI is InChI=1S/C12H16F3NO2/c1-17-11-4-2-3-10(7-11)8-18-6-5-16-9-12(13,14)15/h2-4,7,16H,5-6,8-9H2,1H3. The molecule has 0 aromatic heterocycles. The molecule has 1 aromatic rings. The third-order valence-corrected chi connectivity index (χ3v) is 2.15. The number of hydrogen-bond acceptors (Lipinski definition) is 3. The van der Waals surface area contributed by atoms with Gasteiger partial charge < -0.3 is 14.8 Å². The van der Waals surface area contributed by atoms with Crippen LogP contribution in [0.5, 0.6) is 5.75 Å². The van der Waals surface area contributed by atoms with Gasteiger partial charge >= 0.3 is 6.18 Å². The van der Waals surface area contributed by atoms with Gasteiger partial charge in [0.25, 0.3) is 0 Å². The second-order valence-electron chi connectivity index (χ2n) is 3.70. The van der Waals surface area contributed by atoms with E-state index in [0.29, 0.717) is 6.61 Å². The van der Waals surface area contributed by atoms with Crippen LogP contribution in [0, 0.1) is 0 Å². The zero-order valence-corrected chi connectivity index (χ0v) is 10.1. The van der Waals surface area contributed by atoms with Crippen LogP contribution in [0.25, 0.3) is 0 Å². The summed E-state index contributed by atoms with van der Waals surface area (Å²) < 4.78 is 45.7. The van der Waals surface area contributed by atoms with E-state index >= 15 is 0 Å². The van der Waals surface area contributed by atoms with Gasteiger partial charge in [-0.25, -0.2) is 0 Å². The SMILES string of the molecule is COc1cccc(COCCNCC(F)(F)F)c1. The Labute approximate surface area is 104 Å². The van der Waals surface area contributed by atoms with Gasteiger partial charge in [-0.05, 0) is 17.7 Å². The minimum absolute atomic E-state index is 0.170. The van der Waals surface area contributed by atoms with Crippen LogP contribution in [-0.4, -0.2) is 33.0 Å². The Morgan fingerprint density at radius 1 is 1.28 bits per heavy atom. The van der Waals surface area contributed by atoms with Gasteiger partial charge in [0.1, 0.15) is 5.75 Å². The van der Waals surface area contributed by atoms with Gasteiger partial charge in [-0.3, -0.25) is 0 Å². The van der Waals surface area contributed by atoms with Crippen LogP contribution in [0.15, 0.2) is 24.3 Å². The van der Waals surface area contributed by atoms with E-state index in [9.17, 15) is 13.2 Å². The highest BCUT2D eigenvalue weighted by Gasteiger charge is 2.25. The molecule has 0 aliphatic rings. The van der Waals surface area contributed by atoms with E-state index < -0.39 is 12.7 Å². The number of hydrogen-bond donors (Lipinski definition) is 1. The normalized spacial score (nSPS) is 11.6. The number of rotatable bonds is 7. The van der Waals surface area contributed by atoms with Crippen LogP contribution in [0.2, 0.25) is 0 Å². The fourth-order valence-corrected chi connectivity index (χ4v) is 1.33. The molecule has 0 heterocycles. The number of methoxy groups -OCH3 is 1. The number of benzene rings is 1. The van der Waals surface area contributed by atoms with Crippen LogP contribution < -0.4 is 10.1 Å². The van der Waals surface area contributed by atoms with Gasteiger partial charge in [-0.1, -0.05) is 12.1 Å². The highest BCUT2D eigenvalue weighted by molar-refractivity contribution is 5.27.